The molecule has 0 saturated carbocycles. The maximum atomic E-state index is 5.11. The zero-order valence-corrected chi connectivity index (χ0v) is 31.7. The lowest BCUT2D eigenvalue weighted by molar-refractivity contribution is 1.18. The van der Waals surface area contributed by atoms with Crippen LogP contribution in [0.2, 0.25) is 0 Å². The van der Waals surface area contributed by atoms with E-state index in [1.165, 1.54) is 75.1 Å². The number of fused-ring (bicyclic) bond motifs is 6. The normalized spacial score (nSPS) is 11.5. The first kappa shape index (κ1) is 33.2. The zero-order chi connectivity index (χ0) is 37.7. The summed E-state index contributed by atoms with van der Waals surface area (Å²) in [7, 11) is 0. The van der Waals surface area contributed by atoms with Gasteiger partial charge in [-0.25, -0.2) is 9.97 Å². The lowest BCUT2D eigenvalue weighted by Crippen LogP contribution is -1.96. The lowest BCUT2D eigenvalue weighted by atomic mass is 9.92. The van der Waals surface area contributed by atoms with Gasteiger partial charge in [-0.05, 0) is 85.3 Å². The molecule has 0 radical (unpaired) electrons. The molecule has 57 heavy (non-hydrogen) atoms. The fourth-order valence-corrected chi connectivity index (χ4v) is 9.25. The molecule has 2 aromatic heterocycles. The average Bonchev–Trinajstić information content (AvgIpc) is 3.67. The second-order valence-corrected chi connectivity index (χ2v) is 15.6. The van der Waals surface area contributed by atoms with Gasteiger partial charge in [0.25, 0.3) is 0 Å². The molecule has 0 saturated heterocycles. The Bertz CT molecular complexity index is 3250. The van der Waals surface area contributed by atoms with Crippen molar-refractivity contribution in [3.63, 3.8) is 0 Å². The number of nitrogens with zero attached hydrogens (tertiary/aromatic N) is 2. The smallest absolute Gasteiger partial charge is 0.160 e. The van der Waals surface area contributed by atoms with Gasteiger partial charge in [0, 0.05) is 36.9 Å². The van der Waals surface area contributed by atoms with Gasteiger partial charge in [0.15, 0.2) is 5.82 Å². The summed E-state index contributed by atoms with van der Waals surface area (Å²) in [6.45, 7) is 0. The maximum absolute atomic E-state index is 5.11. The first-order chi connectivity index (χ1) is 28.2. The minimum absolute atomic E-state index is 0.709. The van der Waals surface area contributed by atoms with Crippen molar-refractivity contribution in [1.82, 2.24) is 9.97 Å². The van der Waals surface area contributed by atoms with Crippen LogP contribution in [0.1, 0.15) is 0 Å². The van der Waals surface area contributed by atoms with Crippen LogP contribution in [0.25, 0.3) is 109 Å². The second-order valence-electron chi connectivity index (χ2n) is 14.6. The summed E-state index contributed by atoms with van der Waals surface area (Å²) < 4.78 is 2.66. The van der Waals surface area contributed by atoms with Crippen molar-refractivity contribution in [2.24, 2.45) is 0 Å². The molecule has 0 N–H and O–H groups in total. The van der Waals surface area contributed by atoms with E-state index in [1.54, 1.807) is 0 Å². The van der Waals surface area contributed by atoms with E-state index in [1.807, 2.05) is 29.5 Å². The monoisotopic (exact) mass is 742 g/mol. The highest BCUT2D eigenvalue weighted by Crippen LogP contribution is 2.38. The fraction of sp³-hybridized carbons (Fsp3) is 0. The van der Waals surface area contributed by atoms with Gasteiger partial charge in [-0.2, -0.15) is 0 Å². The molecule has 0 aliphatic rings. The molecule has 2 heterocycles. The van der Waals surface area contributed by atoms with Crippen molar-refractivity contribution in [1.29, 1.82) is 0 Å². The van der Waals surface area contributed by atoms with Crippen molar-refractivity contribution < 1.29 is 0 Å². The summed E-state index contributed by atoms with van der Waals surface area (Å²) >= 11 is 1.86. The Morgan fingerprint density at radius 1 is 0.281 bits per heavy atom. The predicted octanol–water partition coefficient (Wildman–Crippen LogP) is 15.2. The van der Waals surface area contributed by atoms with Crippen molar-refractivity contribution in [2.45, 2.75) is 0 Å². The zero-order valence-electron chi connectivity index (χ0n) is 30.9. The summed E-state index contributed by atoms with van der Waals surface area (Å²) in [6, 6.07) is 74.0. The third kappa shape index (κ3) is 6.06. The summed E-state index contributed by atoms with van der Waals surface area (Å²) in [5, 5.41) is 7.69. The van der Waals surface area contributed by atoms with Crippen molar-refractivity contribution >= 4 is 53.1 Å². The van der Waals surface area contributed by atoms with Crippen LogP contribution in [0.3, 0.4) is 0 Å². The second kappa shape index (κ2) is 13.8. The highest BCUT2D eigenvalue weighted by Gasteiger charge is 2.14. The van der Waals surface area contributed by atoms with Crippen LogP contribution in [0.4, 0.5) is 0 Å². The highest BCUT2D eigenvalue weighted by molar-refractivity contribution is 7.25. The van der Waals surface area contributed by atoms with E-state index in [0.717, 1.165) is 28.1 Å². The molecule has 0 aliphatic heterocycles. The molecule has 0 aliphatic carbocycles. The molecule has 0 amide bonds. The first-order valence-corrected chi connectivity index (χ1v) is 20.1. The van der Waals surface area contributed by atoms with E-state index in [4.69, 9.17) is 9.97 Å². The van der Waals surface area contributed by atoms with Crippen LogP contribution in [0.15, 0.2) is 206 Å². The van der Waals surface area contributed by atoms with E-state index in [9.17, 15) is 0 Å². The van der Waals surface area contributed by atoms with Gasteiger partial charge in [-0.15, -0.1) is 11.3 Å². The third-order valence-electron chi connectivity index (χ3n) is 11.1. The SMILES string of the molecule is c1ccc(-c2nc(-c3ccc(-c4ccc(-c5ccc6sc7ccccc7c6c5)cc4)cc3)cc(-c3ccc(-c4cc5ccccc5c5ccccc45)cc3)n2)cc1. The summed E-state index contributed by atoms with van der Waals surface area (Å²) in [5.41, 5.74) is 12.1. The number of thiophene rings is 1. The Morgan fingerprint density at radius 3 is 1.46 bits per heavy atom. The Morgan fingerprint density at radius 2 is 0.772 bits per heavy atom. The van der Waals surface area contributed by atoms with E-state index in [0.29, 0.717) is 5.82 Å². The Kier molecular flexibility index (Phi) is 8.04. The van der Waals surface area contributed by atoms with Crippen LogP contribution < -0.4 is 0 Å². The van der Waals surface area contributed by atoms with Crippen LogP contribution in [-0.4, -0.2) is 9.97 Å². The quantitative estimate of drug-likeness (QED) is 0.159. The van der Waals surface area contributed by atoms with Gasteiger partial charge in [0.2, 0.25) is 0 Å². The summed E-state index contributed by atoms with van der Waals surface area (Å²) in [4.78, 5) is 10.2. The van der Waals surface area contributed by atoms with Crippen molar-refractivity contribution in [2.75, 3.05) is 0 Å². The van der Waals surface area contributed by atoms with E-state index in [-0.39, 0.29) is 0 Å². The highest BCUT2D eigenvalue weighted by atomic mass is 32.1. The molecule has 266 valence electrons. The molecular formula is C54H34N2S. The molecule has 11 aromatic rings. The molecule has 0 bridgehead atoms. The van der Waals surface area contributed by atoms with Gasteiger partial charge >= 0.3 is 0 Å². The van der Waals surface area contributed by atoms with E-state index < -0.39 is 0 Å². The molecule has 0 unspecified atom stereocenters. The van der Waals surface area contributed by atoms with Gasteiger partial charge in [-0.3, -0.25) is 0 Å². The molecule has 2 nitrogen and oxygen atoms in total. The Hall–Kier alpha value is -7.20. The number of rotatable bonds is 6. The lowest BCUT2D eigenvalue weighted by Gasteiger charge is -2.13. The number of aromatic nitrogens is 2. The van der Waals surface area contributed by atoms with E-state index in [2.05, 4.69) is 188 Å². The minimum Gasteiger partial charge on any atom is -0.228 e. The van der Waals surface area contributed by atoms with E-state index >= 15 is 0 Å². The van der Waals surface area contributed by atoms with Crippen LogP contribution in [-0.2, 0) is 0 Å². The third-order valence-corrected chi connectivity index (χ3v) is 12.3. The topological polar surface area (TPSA) is 25.8 Å². The molecule has 0 spiro atoms. The average molecular weight is 743 g/mol. The van der Waals surface area contributed by atoms with Crippen LogP contribution >= 0.6 is 11.3 Å². The van der Waals surface area contributed by atoms with Crippen LogP contribution in [0.5, 0.6) is 0 Å². The van der Waals surface area contributed by atoms with Crippen LogP contribution in [0, 0.1) is 0 Å². The predicted molar refractivity (Wildman–Crippen MR) is 243 cm³/mol. The minimum atomic E-state index is 0.709. The molecule has 0 fully saturated rings. The van der Waals surface area contributed by atoms with Gasteiger partial charge in [0.05, 0.1) is 11.4 Å². The van der Waals surface area contributed by atoms with Gasteiger partial charge in [0.1, 0.15) is 0 Å². The maximum Gasteiger partial charge on any atom is 0.160 e. The summed E-state index contributed by atoms with van der Waals surface area (Å²) in [5.74, 6) is 0.709. The number of benzene rings is 9. The molecule has 9 aromatic carbocycles. The Balaban J connectivity index is 0.914. The molecule has 11 rings (SSSR count). The Labute approximate surface area is 335 Å². The first-order valence-electron chi connectivity index (χ1n) is 19.3. The standard InChI is InChI=1S/C54H34N2S/c1-2-10-41(11-3-1)54-55-50(34-51(56-54)40-28-24-38(25-29-40)48-33-43-12-4-5-13-44(43)45-14-6-7-15-46(45)48)39-26-22-36(23-27-39)35-18-20-37(21-19-35)42-30-31-53-49(32-42)47-16-8-9-17-52(47)57-53/h1-34H. The largest absolute Gasteiger partial charge is 0.228 e. The molecule has 0 atom stereocenters. The van der Waals surface area contributed by atoms with Crippen molar-refractivity contribution in [3.05, 3.63) is 206 Å². The molecule has 3 heteroatoms. The molecular weight excluding hydrogens is 709 g/mol. The number of hydrogen-bond donors (Lipinski definition) is 0. The van der Waals surface area contributed by atoms with Gasteiger partial charge < -0.3 is 0 Å². The van der Waals surface area contributed by atoms with Crippen molar-refractivity contribution in [3.8, 4) is 67.3 Å². The summed E-state index contributed by atoms with van der Waals surface area (Å²) in [6.07, 6.45) is 0. The number of hydrogen-bond acceptors (Lipinski definition) is 3. The van der Waals surface area contributed by atoms with Gasteiger partial charge in [-0.1, -0.05) is 176 Å². The fourth-order valence-electron chi connectivity index (χ4n) is 8.17.